The van der Waals surface area contributed by atoms with Crippen LogP contribution in [0.5, 0.6) is 0 Å². The maximum absolute atomic E-state index is 12.6. The Bertz CT molecular complexity index is 537. The number of hydrazine groups is 1. The number of anilines is 1. The van der Waals surface area contributed by atoms with Crippen LogP contribution in [0.25, 0.3) is 0 Å². The van der Waals surface area contributed by atoms with E-state index in [0.717, 1.165) is 11.5 Å². The number of benzene rings is 1. The van der Waals surface area contributed by atoms with Gasteiger partial charge in [-0.05, 0) is 13.0 Å². The molecule has 0 bridgehead atoms. The van der Waals surface area contributed by atoms with Crippen LogP contribution in [0.3, 0.4) is 0 Å². The summed E-state index contributed by atoms with van der Waals surface area (Å²) in [6, 6.07) is 4.15. The highest BCUT2D eigenvalue weighted by atomic mass is 32.2. The molecule has 1 aromatic rings. The van der Waals surface area contributed by atoms with E-state index in [1.165, 1.54) is 18.2 Å². The molecule has 0 spiro atoms. The standard InChI is InChI=1S/C12H16N4O3S/c1-8-7-20-5-4-15(8)12(17)10-6-9(16(18)19)2-3-11(10)14-13/h2-3,6,8,14H,4-5,7,13H2,1H3. The molecular formula is C12H16N4O3S. The van der Waals surface area contributed by atoms with Gasteiger partial charge in [0.25, 0.3) is 11.6 Å². The molecule has 0 aromatic heterocycles. The Morgan fingerprint density at radius 3 is 2.95 bits per heavy atom. The van der Waals surface area contributed by atoms with E-state index < -0.39 is 4.92 Å². The van der Waals surface area contributed by atoms with E-state index in [4.69, 9.17) is 5.84 Å². The lowest BCUT2D eigenvalue weighted by Gasteiger charge is -2.33. The van der Waals surface area contributed by atoms with Gasteiger partial charge in [0.05, 0.1) is 16.2 Å². The van der Waals surface area contributed by atoms with Crippen LogP contribution in [0.15, 0.2) is 18.2 Å². The lowest BCUT2D eigenvalue weighted by Crippen LogP contribution is -2.44. The summed E-state index contributed by atoms with van der Waals surface area (Å²) in [7, 11) is 0. The van der Waals surface area contributed by atoms with Gasteiger partial charge in [0, 0.05) is 36.2 Å². The smallest absolute Gasteiger partial charge is 0.270 e. The number of nitrogen functional groups attached to an aromatic ring is 1. The molecule has 1 aliphatic heterocycles. The van der Waals surface area contributed by atoms with Crippen molar-refractivity contribution in [3.63, 3.8) is 0 Å². The molecule has 1 fully saturated rings. The number of rotatable bonds is 3. The molecule has 7 nitrogen and oxygen atoms in total. The summed E-state index contributed by atoms with van der Waals surface area (Å²) in [5.74, 6) is 6.90. The van der Waals surface area contributed by atoms with Gasteiger partial charge in [0.15, 0.2) is 0 Å². The van der Waals surface area contributed by atoms with Crippen LogP contribution < -0.4 is 11.3 Å². The second kappa shape index (κ2) is 6.10. The molecule has 20 heavy (non-hydrogen) atoms. The summed E-state index contributed by atoms with van der Waals surface area (Å²) < 4.78 is 0. The number of nitro groups is 1. The Kier molecular flexibility index (Phi) is 4.46. The molecule has 1 saturated heterocycles. The van der Waals surface area contributed by atoms with E-state index in [2.05, 4.69) is 5.43 Å². The van der Waals surface area contributed by atoms with Gasteiger partial charge in [-0.3, -0.25) is 20.8 Å². The number of non-ortho nitro benzene ring substituents is 1. The number of nitro benzene ring substituents is 1. The zero-order chi connectivity index (χ0) is 14.7. The number of hydrogen-bond acceptors (Lipinski definition) is 6. The number of nitrogens with zero attached hydrogens (tertiary/aromatic N) is 2. The van der Waals surface area contributed by atoms with Gasteiger partial charge in [-0.2, -0.15) is 11.8 Å². The van der Waals surface area contributed by atoms with Crippen molar-refractivity contribution in [2.45, 2.75) is 13.0 Å². The van der Waals surface area contributed by atoms with Crippen LogP contribution in [-0.4, -0.2) is 39.8 Å². The van der Waals surface area contributed by atoms with E-state index in [0.29, 0.717) is 12.2 Å². The molecule has 2 rings (SSSR count). The van der Waals surface area contributed by atoms with Crippen LogP contribution in [0.1, 0.15) is 17.3 Å². The molecule has 3 N–H and O–H groups in total. The van der Waals surface area contributed by atoms with Crippen molar-refractivity contribution in [2.75, 3.05) is 23.5 Å². The van der Waals surface area contributed by atoms with Crippen molar-refractivity contribution >= 4 is 29.0 Å². The van der Waals surface area contributed by atoms with Gasteiger partial charge in [-0.15, -0.1) is 0 Å². The monoisotopic (exact) mass is 296 g/mol. The van der Waals surface area contributed by atoms with Crippen molar-refractivity contribution < 1.29 is 9.72 Å². The molecule has 0 aliphatic carbocycles. The van der Waals surface area contributed by atoms with E-state index >= 15 is 0 Å². The number of hydrogen-bond donors (Lipinski definition) is 2. The van der Waals surface area contributed by atoms with Gasteiger partial charge < -0.3 is 10.3 Å². The fraction of sp³-hybridized carbons (Fsp3) is 0.417. The Labute approximate surface area is 120 Å². The normalized spacial score (nSPS) is 18.7. The Balaban J connectivity index is 2.36. The molecule has 1 heterocycles. The second-order valence-corrected chi connectivity index (χ2v) is 5.70. The predicted molar refractivity (Wildman–Crippen MR) is 78.7 cm³/mol. The lowest BCUT2D eigenvalue weighted by molar-refractivity contribution is -0.384. The molecule has 1 aliphatic rings. The summed E-state index contributed by atoms with van der Waals surface area (Å²) in [4.78, 5) is 24.6. The first-order chi connectivity index (χ1) is 9.54. The Morgan fingerprint density at radius 2 is 2.35 bits per heavy atom. The van der Waals surface area contributed by atoms with Gasteiger partial charge in [-0.25, -0.2) is 0 Å². The molecule has 1 aromatic carbocycles. The number of nitrogens with two attached hydrogens (primary N) is 1. The van der Waals surface area contributed by atoms with Crippen molar-refractivity contribution in [1.82, 2.24) is 4.90 Å². The van der Waals surface area contributed by atoms with E-state index in [-0.39, 0.29) is 23.2 Å². The highest BCUT2D eigenvalue weighted by Crippen LogP contribution is 2.25. The van der Waals surface area contributed by atoms with Gasteiger partial charge in [-0.1, -0.05) is 0 Å². The summed E-state index contributed by atoms with van der Waals surface area (Å²) in [5.41, 5.74) is 2.93. The molecule has 108 valence electrons. The number of carbonyl (C=O) groups is 1. The number of thioether (sulfide) groups is 1. The van der Waals surface area contributed by atoms with E-state index in [1.54, 1.807) is 16.7 Å². The highest BCUT2D eigenvalue weighted by Gasteiger charge is 2.27. The van der Waals surface area contributed by atoms with Crippen molar-refractivity contribution in [2.24, 2.45) is 5.84 Å². The fourth-order valence-corrected chi connectivity index (χ4v) is 3.15. The fourth-order valence-electron chi connectivity index (χ4n) is 2.13. The average Bonchev–Trinajstić information content (AvgIpc) is 2.46. The highest BCUT2D eigenvalue weighted by molar-refractivity contribution is 7.99. The zero-order valence-electron chi connectivity index (χ0n) is 11.0. The van der Waals surface area contributed by atoms with Crippen molar-refractivity contribution in [1.29, 1.82) is 0 Å². The predicted octanol–water partition coefficient (Wildman–Crippen LogP) is 1.46. The quantitative estimate of drug-likeness (QED) is 0.497. The summed E-state index contributed by atoms with van der Waals surface area (Å²) in [6.45, 7) is 2.61. The van der Waals surface area contributed by atoms with Crippen molar-refractivity contribution in [3.8, 4) is 0 Å². The molecule has 1 atom stereocenters. The van der Waals surface area contributed by atoms with Crippen LogP contribution in [0.4, 0.5) is 11.4 Å². The molecule has 1 unspecified atom stereocenters. The minimum Gasteiger partial charge on any atom is -0.334 e. The average molecular weight is 296 g/mol. The molecule has 0 radical (unpaired) electrons. The van der Waals surface area contributed by atoms with Crippen LogP contribution >= 0.6 is 11.8 Å². The Morgan fingerprint density at radius 1 is 1.60 bits per heavy atom. The second-order valence-electron chi connectivity index (χ2n) is 4.55. The lowest BCUT2D eigenvalue weighted by atomic mass is 10.1. The number of nitrogens with one attached hydrogen (secondary N) is 1. The third-order valence-electron chi connectivity index (χ3n) is 3.23. The molecular weight excluding hydrogens is 280 g/mol. The minimum absolute atomic E-state index is 0.103. The summed E-state index contributed by atoms with van der Waals surface area (Å²) in [5, 5.41) is 10.8. The SMILES string of the molecule is CC1CSCCN1C(=O)c1cc([N+](=O)[O-])ccc1NN. The number of carbonyl (C=O) groups excluding carboxylic acids is 1. The van der Waals surface area contributed by atoms with Crippen LogP contribution in [-0.2, 0) is 0 Å². The summed E-state index contributed by atoms with van der Waals surface area (Å²) in [6.07, 6.45) is 0. The Hall–Kier alpha value is -1.80. The number of amides is 1. The summed E-state index contributed by atoms with van der Waals surface area (Å²) >= 11 is 1.79. The van der Waals surface area contributed by atoms with Gasteiger partial charge in [0.2, 0.25) is 0 Å². The first-order valence-electron chi connectivity index (χ1n) is 6.18. The first kappa shape index (κ1) is 14.6. The molecule has 1 amide bonds. The topological polar surface area (TPSA) is 102 Å². The van der Waals surface area contributed by atoms with Crippen LogP contribution in [0.2, 0.25) is 0 Å². The minimum atomic E-state index is -0.521. The first-order valence-corrected chi connectivity index (χ1v) is 7.34. The van der Waals surface area contributed by atoms with Gasteiger partial charge >= 0.3 is 0 Å². The third kappa shape index (κ3) is 2.86. The van der Waals surface area contributed by atoms with Crippen molar-refractivity contribution in [3.05, 3.63) is 33.9 Å². The maximum atomic E-state index is 12.6. The van der Waals surface area contributed by atoms with E-state index in [1.807, 2.05) is 6.92 Å². The maximum Gasteiger partial charge on any atom is 0.270 e. The van der Waals surface area contributed by atoms with E-state index in [9.17, 15) is 14.9 Å². The van der Waals surface area contributed by atoms with Gasteiger partial charge in [0.1, 0.15) is 0 Å². The van der Waals surface area contributed by atoms with Crippen LogP contribution in [0, 0.1) is 10.1 Å². The molecule has 8 heteroatoms. The largest absolute Gasteiger partial charge is 0.334 e. The third-order valence-corrected chi connectivity index (χ3v) is 4.42. The molecule has 0 saturated carbocycles. The zero-order valence-corrected chi connectivity index (χ0v) is 11.9.